The predicted molar refractivity (Wildman–Crippen MR) is 130 cm³/mol. The summed E-state index contributed by atoms with van der Waals surface area (Å²) < 4.78 is 0. The van der Waals surface area contributed by atoms with Gasteiger partial charge in [-0.1, -0.05) is 51.1 Å². The molecule has 165 valence electrons. The van der Waals surface area contributed by atoms with Gasteiger partial charge in [-0.2, -0.15) is 0 Å². The molecular formula is C26H25AcN4O2-. The number of aromatic amines is 1. The van der Waals surface area contributed by atoms with Crippen LogP contribution in [0.3, 0.4) is 0 Å². The fraction of sp³-hybridized carbons (Fsp3) is 0.154. The third-order valence-electron chi connectivity index (χ3n) is 5.35. The Morgan fingerprint density at radius 3 is 2.12 bits per heavy atom. The van der Waals surface area contributed by atoms with Crippen LogP contribution in [-0.4, -0.2) is 16.8 Å². The molecule has 0 bridgehead atoms. The summed E-state index contributed by atoms with van der Waals surface area (Å²) in [7, 11) is 0. The van der Waals surface area contributed by atoms with Crippen molar-refractivity contribution in [2.75, 3.05) is 10.6 Å². The monoisotopic (exact) mass is 652 g/mol. The van der Waals surface area contributed by atoms with E-state index in [1.54, 1.807) is 36.4 Å². The molecule has 4 rings (SSSR count). The van der Waals surface area contributed by atoms with E-state index in [1.165, 1.54) is 6.07 Å². The Kier molecular flexibility index (Phi) is 7.66. The molecule has 0 aliphatic heterocycles. The fourth-order valence-corrected chi connectivity index (χ4v) is 3.46. The minimum Gasteiger partial charge on any atom is -0.699 e. The van der Waals surface area contributed by atoms with Gasteiger partial charge < -0.3 is 21.4 Å². The van der Waals surface area contributed by atoms with E-state index >= 15 is 0 Å². The van der Waals surface area contributed by atoms with Crippen LogP contribution in [0.15, 0.2) is 72.9 Å². The average Bonchev–Trinajstić information content (AvgIpc) is 3.23. The maximum absolute atomic E-state index is 12.8. The Morgan fingerprint density at radius 2 is 1.42 bits per heavy atom. The van der Waals surface area contributed by atoms with Crippen molar-refractivity contribution in [1.29, 1.82) is 0 Å². The van der Waals surface area contributed by atoms with E-state index in [9.17, 15) is 9.59 Å². The molecule has 0 aliphatic carbocycles. The van der Waals surface area contributed by atoms with Crippen LogP contribution in [0.5, 0.6) is 0 Å². The third-order valence-corrected chi connectivity index (χ3v) is 5.35. The van der Waals surface area contributed by atoms with E-state index in [4.69, 9.17) is 5.73 Å². The van der Waals surface area contributed by atoms with Gasteiger partial charge >= 0.3 is 0 Å². The number of hydrogen-bond donors (Lipinski definition) is 3. The zero-order valence-corrected chi connectivity index (χ0v) is 23.6. The molecule has 33 heavy (non-hydrogen) atoms. The van der Waals surface area contributed by atoms with Crippen molar-refractivity contribution in [2.45, 2.75) is 26.2 Å². The van der Waals surface area contributed by atoms with E-state index in [-0.39, 0.29) is 67.0 Å². The number of carbonyl (C=O) groups excluding carboxylic acids is 2. The second kappa shape index (κ2) is 10.1. The van der Waals surface area contributed by atoms with Gasteiger partial charge in [-0.25, -0.2) is 0 Å². The van der Waals surface area contributed by atoms with Crippen molar-refractivity contribution in [1.82, 2.24) is 4.98 Å². The summed E-state index contributed by atoms with van der Waals surface area (Å²) >= 11 is 0. The fourth-order valence-electron chi connectivity index (χ4n) is 3.46. The van der Waals surface area contributed by atoms with Crippen molar-refractivity contribution in [3.05, 3.63) is 95.4 Å². The Hall–Kier alpha value is -2.62. The minimum absolute atomic E-state index is 0. The van der Waals surface area contributed by atoms with Gasteiger partial charge in [0.15, 0.2) is 0 Å². The van der Waals surface area contributed by atoms with E-state index in [0.29, 0.717) is 22.5 Å². The zero-order chi connectivity index (χ0) is 22.9. The topological polar surface area (TPSA) is 97.8 Å². The molecule has 1 radical (unpaired) electrons. The first-order valence-corrected chi connectivity index (χ1v) is 10.4. The van der Waals surface area contributed by atoms with Crippen molar-refractivity contribution >= 4 is 39.8 Å². The van der Waals surface area contributed by atoms with E-state index in [1.807, 2.05) is 30.5 Å². The molecule has 4 N–H and O–H groups in total. The molecule has 0 spiro atoms. The number of fused-ring (bicyclic) bond motifs is 1. The van der Waals surface area contributed by atoms with Crippen LogP contribution in [0.4, 0.5) is 17.1 Å². The minimum atomic E-state index is -0.306. The number of anilines is 2. The van der Waals surface area contributed by atoms with E-state index in [2.05, 4.69) is 36.4 Å². The van der Waals surface area contributed by atoms with Crippen molar-refractivity contribution in [2.24, 2.45) is 0 Å². The number of amides is 2. The SMILES string of the molecule is CC(C)(C)c1ccc(C(=O)Nc2cc([NH-])ccc2NC(=O)c2ccc3cc[nH]c3c2)cc1.[Ac]. The van der Waals surface area contributed by atoms with Crippen LogP contribution in [0, 0.1) is 44.1 Å². The number of nitrogens with one attached hydrogen (secondary N) is 4. The molecule has 1 heterocycles. The number of carbonyl (C=O) groups is 2. The summed E-state index contributed by atoms with van der Waals surface area (Å²) in [6, 6.07) is 19.5. The zero-order valence-electron chi connectivity index (χ0n) is 18.8. The maximum Gasteiger partial charge on any atom is 0.255 e. The second-order valence-electron chi connectivity index (χ2n) is 8.78. The van der Waals surface area contributed by atoms with Gasteiger partial charge in [-0.05, 0) is 52.8 Å². The first-order chi connectivity index (χ1) is 15.2. The molecule has 6 nitrogen and oxygen atoms in total. The number of H-pyrrole nitrogens is 1. The van der Waals surface area contributed by atoms with Gasteiger partial charge in [0, 0.05) is 66.9 Å². The molecule has 4 aromatic rings. The Balaban J connectivity index is 0.00000306. The van der Waals surface area contributed by atoms with E-state index in [0.717, 1.165) is 16.5 Å². The van der Waals surface area contributed by atoms with Crippen LogP contribution < -0.4 is 10.6 Å². The summed E-state index contributed by atoms with van der Waals surface area (Å²) in [6.07, 6.45) is 1.82. The van der Waals surface area contributed by atoms with Crippen LogP contribution in [0.1, 0.15) is 47.1 Å². The molecule has 2 amide bonds. The van der Waals surface area contributed by atoms with Gasteiger partial charge in [0.05, 0.1) is 11.4 Å². The number of benzene rings is 3. The molecule has 0 saturated carbocycles. The summed E-state index contributed by atoms with van der Waals surface area (Å²) in [4.78, 5) is 28.7. The van der Waals surface area contributed by atoms with Crippen molar-refractivity contribution in [3.63, 3.8) is 0 Å². The van der Waals surface area contributed by atoms with E-state index < -0.39 is 0 Å². The molecule has 0 unspecified atom stereocenters. The van der Waals surface area contributed by atoms with Crippen LogP contribution >= 0.6 is 0 Å². The number of hydrogen-bond acceptors (Lipinski definition) is 2. The molecule has 7 heteroatoms. The Morgan fingerprint density at radius 1 is 0.788 bits per heavy atom. The molecule has 0 atom stereocenters. The number of aromatic nitrogens is 1. The van der Waals surface area contributed by atoms with Crippen LogP contribution in [0.25, 0.3) is 16.6 Å². The standard InChI is InChI=1S/C26H25N4O2.Ac/c1-26(2,3)19-8-6-17(7-9-19)24(31)30-23-15-20(27)10-11-21(23)29-25(32)18-5-4-16-12-13-28-22(16)14-18;/h4-15,27H,1-3H3,(H,30,31)(H2,28,29,32);/q-1;. The van der Waals surface area contributed by atoms with Crippen LogP contribution in [-0.2, 0) is 5.41 Å². The van der Waals surface area contributed by atoms with Gasteiger partial charge in [-0.3, -0.25) is 9.59 Å². The number of rotatable bonds is 4. The first-order valence-electron chi connectivity index (χ1n) is 10.4. The summed E-state index contributed by atoms with van der Waals surface area (Å²) in [5.74, 6) is -0.608. The summed E-state index contributed by atoms with van der Waals surface area (Å²) in [5, 5.41) is 6.69. The van der Waals surface area contributed by atoms with Crippen molar-refractivity contribution in [3.8, 4) is 0 Å². The second-order valence-corrected chi connectivity index (χ2v) is 8.78. The molecule has 3 aromatic carbocycles. The van der Waals surface area contributed by atoms with Gasteiger partial charge in [-0.15, -0.1) is 5.69 Å². The van der Waals surface area contributed by atoms with Gasteiger partial charge in [0.2, 0.25) is 0 Å². The smallest absolute Gasteiger partial charge is 0.255 e. The van der Waals surface area contributed by atoms with Gasteiger partial charge in [0.25, 0.3) is 11.8 Å². The average molecular weight is 653 g/mol. The molecule has 0 fully saturated rings. The van der Waals surface area contributed by atoms with Gasteiger partial charge in [0.1, 0.15) is 0 Å². The molecule has 1 aromatic heterocycles. The normalized spacial score (nSPS) is 11.0. The largest absolute Gasteiger partial charge is 0.699 e. The van der Waals surface area contributed by atoms with Crippen LogP contribution in [0.2, 0.25) is 0 Å². The predicted octanol–water partition coefficient (Wildman–Crippen LogP) is 6.65. The first kappa shape index (κ1) is 25.0. The Labute approximate surface area is 228 Å². The molecular weight excluding hydrogens is 627 g/mol. The maximum atomic E-state index is 12.8. The third kappa shape index (κ3) is 5.85. The summed E-state index contributed by atoms with van der Waals surface area (Å²) in [5.41, 5.74) is 11.9. The Bertz CT molecular complexity index is 1300. The molecule has 0 saturated heterocycles. The summed E-state index contributed by atoms with van der Waals surface area (Å²) in [6.45, 7) is 6.35. The quantitative estimate of drug-likeness (QED) is 0.230. The van der Waals surface area contributed by atoms with Crippen molar-refractivity contribution < 1.29 is 53.7 Å². The molecule has 0 aliphatic rings.